The fraction of sp³-hybridized carbons (Fsp3) is 0.235. The predicted octanol–water partition coefficient (Wildman–Crippen LogP) is 4.67. The van der Waals surface area contributed by atoms with E-state index in [4.69, 9.17) is 11.1 Å². The lowest BCUT2D eigenvalue weighted by Crippen LogP contribution is -2.23. The summed E-state index contributed by atoms with van der Waals surface area (Å²) in [6, 6.07) is 16.1. The Hall–Kier alpha value is -1.81. The molecule has 110 valence electrons. The van der Waals surface area contributed by atoms with Crippen molar-refractivity contribution in [1.29, 1.82) is 5.41 Å². The van der Waals surface area contributed by atoms with Gasteiger partial charge in [0.15, 0.2) is 0 Å². The van der Waals surface area contributed by atoms with Crippen molar-refractivity contribution in [2.75, 3.05) is 11.4 Å². The highest BCUT2D eigenvalue weighted by molar-refractivity contribution is 9.10. The van der Waals surface area contributed by atoms with Crippen molar-refractivity contribution in [1.82, 2.24) is 0 Å². The Bertz CT molecular complexity index is 611. The first-order valence-electron chi connectivity index (χ1n) is 7.10. The van der Waals surface area contributed by atoms with E-state index in [2.05, 4.69) is 39.9 Å². The lowest BCUT2D eigenvalue weighted by atomic mass is 10.1. The Balaban J connectivity index is 2.52. The molecule has 0 saturated carbocycles. The van der Waals surface area contributed by atoms with E-state index in [0.717, 1.165) is 40.8 Å². The van der Waals surface area contributed by atoms with E-state index in [1.807, 2.05) is 36.4 Å². The van der Waals surface area contributed by atoms with Crippen LogP contribution < -0.4 is 10.6 Å². The molecule has 0 bridgehead atoms. The molecular formula is C17H20BrN3. The van der Waals surface area contributed by atoms with Gasteiger partial charge in [-0.15, -0.1) is 0 Å². The number of nitrogens with two attached hydrogens (primary N) is 1. The van der Waals surface area contributed by atoms with Crippen LogP contribution in [0.2, 0.25) is 0 Å². The molecule has 2 aromatic carbocycles. The Morgan fingerprint density at radius 1 is 1.14 bits per heavy atom. The quantitative estimate of drug-likeness (QED) is 0.590. The first kappa shape index (κ1) is 15.6. The summed E-state index contributed by atoms with van der Waals surface area (Å²) in [5.74, 6) is 0.0786. The van der Waals surface area contributed by atoms with Gasteiger partial charge in [-0.1, -0.05) is 37.6 Å². The molecule has 0 radical (unpaired) electrons. The molecule has 0 aromatic heterocycles. The molecule has 0 fully saturated rings. The predicted molar refractivity (Wildman–Crippen MR) is 93.5 cm³/mol. The Labute approximate surface area is 134 Å². The minimum atomic E-state index is 0.0786. The van der Waals surface area contributed by atoms with Crippen LogP contribution in [0.4, 0.5) is 11.4 Å². The largest absolute Gasteiger partial charge is 0.384 e. The average Bonchev–Trinajstić information content (AvgIpc) is 2.48. The van der Waals surface area contributed by atoms with Gasteiger partial charge in [0.05, 0.1) is 11.3 Å². The molecule has 0 unspecified atom stereocenters. The molecule has 3 N–H and O–H groups in total. The number of benzene rings is 2. The molecule has 0 aliphatic carbocycles. The van der Waals surface area contributed by atoms with E-state index >= 15 is 0 Å². The van der Waals surface area contributed by atoms with Gasteiger partial charge in [-0.05, 0) is 46.6 Å². The van der Waals surface area contributed by atoms with Crippen LogP contribution in [0.3, 0.4) is 0 Å². The molecule has 2 aromatic rings. The van der Waals surface area contributed by atoms with Gasteiger partial charge in [-0.25, -0.2) is 0 Å². The Kier molecular flexibility index (Phi) is 5.39. The molecular weight excluding hydrogens is 326 g/mol. The van der Waals surface area contributed by atoms with Gasteiger partial charge < -0.3 is 10.6 Å². The highest BCUT2D eigenvalue weighted by Gasteiger charge is 2.16. The smallest absolute Gasteiger partial charge is 0.126 e. The number of amidine groups is 1. The molecule has 2 rings (SSSR count). The van der Waals surface area contributed by atoms with Gasteiger partial charge in [-0.2, -0.15) is 0 Å². The third-order valence-corrected chi connectivity index (χ3v) is 4.02. The summed E-state index contributed by atoms with van der Waals surface area (Å²) in [5, 5.41) is 7.87. The normalized spacial score (nSPS) is 10.4. The van der Waals surface area contributed by atoms with Crippen LogP contribution >= 0.6 is 15.9 Å². The van der Waals surface area contributed by atoms with Crippen LogP contribution in [0.15, 0.2) is 53.0 Å². The van der Waals surface area contributed by atoms with Gasteiger partial charge >= 0.3 is 0 Å². The minimum Gasteiger partial charge on any atom is -0.384 e. The lowest BCUT2D eigenvalue weighted by Gasteiger charge is -2.27. The second-order valence-corrected chi connectivity index (χ2v) is 5.74. The molecule has 0 heterocycles. The standard InChI is InChI=1S/C17H20BrN3/c1-2-3-12-21(13-8-5-4-6-9-13)15-11-7-10-14(18)16(15)17(19)20/h4-11H,2-3,12H2,1H3,(H3,19,20). The summed E-state index contributed by atoms with van der Waals surface area (Å²) in [5.41, 5.74) is 8.62. The zero-order chi connectivity index (χ0) is 15.2. The van der Waals surface area contributed by atoms with Crippen LogP contribution in [0.5, 0.6) is 0 Å². The number of anilines is 2. The zero-order valence-electron chi connectivity index (χ0n) is 12.1. The lowest BCUT2D eigenvalue weighted by molar-refractivity contribution is 0.785. The third kappa shape index (κ3) is 3.64. The van der Waals surface area contributed by atoms with Crippen molar-refractivity contribution in [2.24, 2.45) is 5.73 Å². The van der Waals surface area contributed by atoms with Crippen molar-refractivity contribution in [2.45, 2.75) is 19.8 Å². The molecule has 0 atom stereocenters. The number of rotatable bonds is 6. The van der Waals surface area contributed by atoms with Gasteiger partial charge in [0.1, 0.15) is 5.84 Å². The second-order valence-electron chi connectivity index (χ2n) is 4.89. The number of nitrogens with one attached hydrogen (secondary N) is 1. The number of nitrogens with zero attached hydrogens (tertiary/aromatic N) is 1. The highest BCUT2D eigenvalue weighted by atomic mass is 79.9. The van der Waals surface area contributed by atoms with Crippen LogP contribution in [0.1, 0.15) is 25.3 Å². The van der Waals surface area contributed by atoms with Gasteiger partial charge in [0, 0.05) is 16.7 Å². The minimum absolute atomic E-state index is 0.0786. The Morgan fingerprint density at radius 2 is 1.86 bits per heavy atom. The van der Waals surface area contributed by atoms with Gasteiger partial charge in [-0.3, -0.25) is 5.41 Å². The molecule has 3 nitrogen and oxygen atoms in total. The highest BCUT2D eigenvalue weighted by Crippen LogP contribution is 2.32. The maximum Gasteiger partial charge on any atom is 0.126 e. The topological polar surface area (TPSA) is 53.1 Å². The van der Waals surface area contributed by atoms with Crippen LogP contribution in [0, 0.1) is 5.41 Å². The number of nitrogen functional groups attached to an aromatic ring is 1. The molecule has 0 saturated heterocycles. The number of unbranched alkanes of at least 4 members (excludes halogenated alkanes) is 1. The summed E-state index contributed by atoms with van der Waals surface area (Å²) < 4.78 is 0.852. The molecule has 0 aliphatic heterocycles. The van der Waals surface area contributed by atoms with Crippen molar-refractivity contribution in [3.63, 3.8) is 0 Å². The number of hydrogen-bond donors (Lipinski definition) is 2. The van der Waals surface area contributed by atoms with Crippen LogP contribution in [-0.4, -0.2) is 12.4 Å². The maximum absolute atomic E-state index is 7.87. The van der Waals surface area contributed by atoms with Crippen molar-refractivity contribution in [3.05, 3.63) is 58.6 Å². The second kappa shape index (κ2) is 7.27. The first-order valence-corrected chi connectivity index (χ1v) is 7.90. The summed E-state index contributed by atoms with van der Waals surface area (Å²) in [6.45, 7) is 3.08. The van der Waals surface area contributed by atoms with Crippen LogP contribution in [0.25, 0.3) is 0 Å². The zero-order valence-corrected chi connectivity index (χ0v) is 13.7. The maximum atomic E-state index is 7.87. The van der Waals surface area contributed by atoms with E-state index in [9.17, 15) is 0 Å². The van der Waals surface area contributed by atoms with E-state index in [-0.39, 0.29) is 5.84 Å². The SMILES string of the molecule is CCCCN(c1ccccc1)c1cccc(Br)c1C(=N)N. The molecule has 4 heteroatoms. The summed E-state index contributed by atoms with van der Waals surface area (Å²) in [6.07, 6.45) is 2.20. The van der Waals surface area contributed by atoms with E-state index in [0.29, 0.717) is 0 Å². The van der Waals surface area contributed by atoms with E-state index in [1.165, 1.54) is 0 Å². The monoisotopic (exact) mass is 345 g/mol. The Morgan fingerprint density at radius 3 is 2.48 bits per heavy atom. The fourth-order valence-electron chi connectivity index (χ4n) is 2.32. The van der Waals surface area contributed by atoms with Crippen molar-refractivity contribution in [3.8, 4) is 0 Å². The van der Waals surface area contributed by atoms with Gasteiger partial charge in [0.25, 0.3) is 0 Å². The summed E-state index contributed by atoms with van der Waals surface area (Å²) >= 11 is 3.51. The van der Waals surface area contributed by atoms with Gasteiger partial charge in [0.2, 0.25) is 0 Å². The number of para-hydroxylation sites is 1. The number of hydrogen-bond acceptors (Lipinski definition) is 2. The van der Waals surface area contributed by atoms with E-state index < -0.39 is 0 Å². The average molecular weight is 346 g/mol. The summed E-state index contributed by atoms with van der Waals surface area (Å²) in [7, 11) is 0. The van der Waals surface area contributed by atoms with E-state index in [1.54, 1.807) is 0 Å². The summed E-state index contributed by atoms with van der Waals surface area (Å²) in [4.78, 5) is 2.23. The van der Waals surface area contributed by atoms with Crippen molar-refractivity contribution < 1.29 is 0 Å². The van der Waals surface area contributed by atoms with Crippen molar-refractivity contribution >= 4 is 33.1 Å². The first-order chi connectivity index (χ1) is 10.1. The fourth-order valence-corrected chi connectivity index (χ4v) is 2.89. The molecule has 0 spiro atoms. The number of halogens is 1. The molecule has 0 amide bonds. The van der Waals surface area contributed by atoms with Crippen LogP contribution in [-0.2, 0) is 0 Å². The third-order valence-electron chi connectivity index (χ3n) is 3.35. The molecule has 0 aliphatic rings. The molecule has 21 heavy (non-hydrogen) atoms.